The summed E-state index contributed by atoms with van der Waals surface area (Å²) < 4.78 is 43.7. The third-order valence-corrected chi connectivity index (χ3v) is 8.19. The van der Waals surface area contributed by atoms with E-state index < -0.39 is 46.5 Å². The summed E-state index contributed by atoms with van der Waals surface area (Å²) in [6.07, 6.45) is 0.860. The number of carboxylic acids is 1. The van der Waals surface area contributed by atoms with Crippen molar-refractivity contribution in [3.63, 3.8) is 0 Å². The number of aliphatic hydroxyl groups excluding tert-OH is 2. The molecule has 12 nitrogen and oxygen atoms in total. The molecule has 0 fully saturated rings. The highest BCUT2D eigenvalue weighted by molar-refractivity contribution is 7.92. The zero-order valence-corrected chi connectivity index (χ0v) is 28.8. The number of aromatic nitrogens is 2. The maximum Gasteiger partial charge on any atom is 0.323 e. The zero-order valence-electron chi connectivity index (χ0n) is 27.9. The highest BCUT2D eigenvalue weighted by Crippen LogP contribution is 2.31. The number of anilines is 1. The number of hydrogen-bond donors (Lipinski definition) is 4. The van der Waals surface area contributed by atoms with Gasteiger partial charge in [-0.15, -0.1) is 0 Å². The molecule has 3 rings (SSSR count). The Balaban J connectivity index is 0.000000444. The number of carbonyl (C=O) groups excluding carboxylic acids is 1. The first-order chi connectivity index (χ1) is 22.4. The summed E-state index contributed by atoms with van der Waals surface area (Å²) >= 11 is 0. The molecule has 1 aromatic heterocycles. The molecule has 262 valence electrons. The quantitative estimate of drug-likeness (QED) is 0.178. The van der Waals surface area contributed by atoms with Crippen LogP contribution in [0.25, 0.3) is 17.3 Å². The van der Waals surface area contributed by atoms with Crippen LogP contribution >= 0.6 is 0 Å². The number of carbonyl (C=O) groups is 2. The van der Waals surface area contributed by atoms with Gasteiger partial charge >= 0.3 is 11.9 Å². The fourth-order valence-corrected chi connectivity index (χ4v) is 4.52. The molecule has 0 aliphatic heterocycles. The zero-order chi connectivity index (χ0) is 36.2. The lowest BCUT2D eigenvalue weighted by Crippen LogP contribution is -2.36. The van der Waals surface area contributed by atoms with Crippen molar-refractivity contribution in [1.29, 1.82) is 0 Å². The Hall–Kier alpha value is -4.24. The summed E-state index contributed by atoms with van der Waals surface area (Å²) in [7, 11) is -2.33. The molecule has 48 heavy (non-hydrogen) atoms. The summed E-state index contributed by atoms with van der Waals surface area (Å²) in [6, 6.07) is 14.5. The van der Waals surface area contributed by atoms with E-state index in [4.69, 9.17) is 15.6 Å². The van der Waals surface area contributed by atoms with Crippen LogP contribution in [-0.4, -0.2) is 77.2 Å². The highest BCUT2D eigenvalue weighted by atomic mass is 32.2. The van der Waals surface area contributed by atoms with Crippen LogP contribution in [0.1, 0.15) is 63.3 Å². The fourth-order valence-electron chi connectivity index (χ4n) is 4.14. The van der Waals surface area contributed by atoms with Gasteiger partial charge in [0.25, 0.3) is 0 Å². The smallest absolute Gasteiger partial charge is 0.323 e. The monoisotopic (exact) mass is 688 g/mol. The number of ether oxygens (including phenoxy) is 1. The van der Waals surface area contributed by atoms with Gasteiger partial charge in [0.2, 0.25) is 16.0 Å². The Morgan fingerprint density at radius 1 is 1.02 bits per heavy atom. The van der Waals surface area contributed by atoms with Crippen molar-refractivity contribution in [3.05, 3.63) is 83.3 Å². The Morgan fingerprint density at radius 2 is 1.62 bits per heavy atom. The van der Waals surface area contributed by atoms with Crippen molar-refractivity contribution in [2.24, 2.45) is 11.7 Å². The van der Waals surface area contributed by atoms with Crippen LogP contribution in [-0.2, 0) is 31.0 Å². The topological polar surface area (TPSA) is 193 Å². The average molecular weight is 689 g/mol. The Morgan fingerprint density at radius 3 is 2.15 bits per heavy atom. The van der Waals surface area contributed by atoms with Gasteiger partial charge in [0, 0.05) is 24.6 Å². The summed E-state index contributed by atoms with van der Waals surface area (Å²) in [5.74, 6) is -2.10. The molecule has 3 atom stereocenters. The number of esters is 1. The molecule has 0 amide bonds. The summed E-state index contributed by atoms with van der Waals surface area (Å²) in [5, 5.41) is 28.8. The Bertz CT molecular complexity index is 1630. The van der Waals surface area contributed by atoms with Gasteiger partial charge in [-0.25, -0.2) is 27.1 Å². The first-order valence-electron chi connectivity index (χ1n) is 15.2. The van der Waals surface area contributed by atoms with Crippen molar-refractivity contribution >= 4 is 34.0 Å². The van der Waals surface area contributed by atoms with Crippen LogP contribution in [0.3, 0.4) is 0 Å². The van der Waals surface area contributed by atoms with E-state index in [1.807, 2.05) is 58.0 Å². The van der Waals surface area contributed by atoms with E-state index in [2.05, 4.69) is 9.97 Å². The number of aliphatic carboxylic acids is 1. The SMILES string of the molecule is CC(C)C(N)C(=O)OCc1ccccc1.CC(C)c1nc(N(C)S(C)(=O)=O)nc(-c2ccc(F)cc2)c1/C=C/[C@@H](O)C[C@@H](O)CC(=O)O. The molecule has 0 spiro atoms. The average Bonchev–Trinajstić information content (AvgIpc) is 3.01. The number of hydrogen-bond acceptors (Lipinski definition) is 10. The Kier molecular flexibility index (Phi) is 15.3. The van der Waals surface area contributed by atoms with E-state index in [1.54, 1.807) is 0 Å². The summed E-state index contributed by atoms with van der Waals surface area (Å²) in [6.45, 7) is 7.79. The van der Waals surface area contributed by atoms with Crippen molar-refractivity contribution in [2.75, 3.05) is 17.6 Å². The molecule has 14 heteroatoms. The van der Waals surface area contributed by atoms with Crippen molar-refractivity contribution in [2.45, 2.75) is 71.3 Å². The van der Waals surface area contributed by atoms with Gasteiger partial charge < -0.3 is 25.8 Å². The maximum atomic E-state index is 13.5. The van der Waals surface area contributed by atoms with Gasteiger partial charge in [-0.05, 0) is 41.7 Å². The van der Waals surface area contributed by atoms with E-state index in [9.17, 15) is 32.6 Å². The number of nitrogens with zero attached hydrogens (tertiary/aromatic N) is 3. The van der Waals surface area contributed by atoms with Gasteiger partial charge in [0.1, 0.15) is 18.5 Å². The third-order valence-electron chi connectivity index (χ3n) is 7.03. The molecule has 0 aliphatic rings. The van der Waals surface area contributed by atoms with E-state index >= 15 is 0 Å². The number of nitrogens with two attached hydrogens (primary N) is 1. The molecule has 0 saturated heterocycles. The number of rotatable bonds is 14. The second-order valence-electron chi connectivity index (χ2n) is 11.8. The molecule has 0 aliphatic carbocycles. The summed E-state index contributed by atoms with van der Waals surface area (Å²) in [5.41, 5.74) is 8.43. The van der Waals surface area contributed by atoms with Crippen molar-refractivity contribution in [1.82, 2.24) is 9.97 Å². The molecule has 3 aromatic rings. The predicted octanol–water partition coefficient (Wildman–Crippen LogP) is 4.11. The molecular weight excluding hydrogens is 643 g/mol. The highest BCUT2D eigenvalue weighted by Gasteiger charge is 2.23. The van der Waals surface area contributed by atoms with Crippen LogP contribution in [0.2, 0.25) is 0 Å². The number of halogens is 1. The molecular formula is C34H45FN4O8S. The minimum absolute atomic E-state index is 0.0601. The minimum atomic E-state index is -3.65. The first-order valence-corrected chi connectivity index (χ1v) is 17.1. The number of carboxylic acid groups (broad SMARTS) is 1. The lowest BCUT2D eigenvalue weighted by atomic mass is 9.97. The van der Waals surface area contributed by atoms with Crippen LogP contribution < -0.4 is 10.0 Å². The minimum Gasteiger partial charge on any atom is -0.481 e. The lowest BCUT2D eigenvalue weighted by molar-refractivity contribution is -0.147. The molecule has 0 radical (unpaired) electrons. The molecule has 5 N–H and O–H groups in total. The van der Waals surface area contributed by atoms with Crippen molar-refractivity contribution in [3.8, 4) is 11.3 Å². The lowest BCUT2D eigenvalue weighted by Gasteiger charge is -2.20. The number of aliphatic hydroxyl groups is 2. The summed E-state index contributed by atoms with van der Waals surface area (Å²) in [4.78, 5) is 31.0. The second-order valence-corrected chi connectivity index (χ2v) is 13.9. The number of benzene rings is 2. The van der Waals surface area contributed by atoms with Gasteiger partial charge in [-0.3, -0.25) is 9.59 Å². The van der Waals surface area contributed by atoms with E-state index in [0.29, 0.717) is 29.1 Å². The van der Waals surface area contributed by atoms with E-state index in [-0.39, 0.29) is 30.2 Å². The predicted molar refractivity (Wildman–Crippen MR) is 182 cm³/mol. The molecule has 1 unspecified atom stereocenters. The van der Waals surface area contributed by atoms with Gasteiger partial charge in [-0.1, -0.05) is 70.2 Å². The van der Waals surface area contributed by atoms with E-state index in [1.165, 1.54) is 43.5 Å². The Labute approximate surface area is 281 Å². The second kappa shape index (κ2) is 18.3. The molecule has 1 heterocycles. The molecule has 0 saturated carbocycles. The normalized spacial score (nSPS) is 13.5. The van der Waals surface area contributed by atoms with E-state index in [0.717, 1.165) is 16.1 Å². The maximum absolute atomic E-state index is 13.5. The fraction of sp³-hybridized carbons (Fsp3) is 0.412. The molecule has 2 aromatic carbocycles. The van der Waals surface area contributed by atoms with Crippen LogP contribution in [0.15, 0.2) is 60.7 Å². The largest absolute Gasteiger partial charge is 0.481 e. The van der Waals surface area contributed by atoms with Crippen LogP contribution in [0.5, 0.6) is 0 Å². The molecule has 0 bridgehead atoms. The standard InChI is InChI=1S/C22H28FN3O6S.C12H17NO2/c1-13(2)20-18(10-9-16(27)11-17(28)12-19(29)30)21(14-5-7-15(23)8-6-14)25-22(24-20)26(3)33(4,31)32;1-9(2)11(13)12(14)15-8-10-6-4-3-5-7-10/h5-10,13,16-17,27-28H,11-12H2,1-4H3,(H,29,30);3-7,9,11H,8,13H2,1-2H3/b10-9+;/t16-,17-;/m1./s1. The van der Waals surface area contributed by atoms with Gasteiger partial charge in [-0.2, -0.15) is 0 Å². The number of sulfonamides is 1. The first kappa shape index (κ1) is 39.9. The van der Waals surface area contributed by atoms with Gasteiger partial charge in [0.15, 0.2) is 0 Å². The van der Waals surface area contributed by atoms with Crippen LogP contribution in [0.4, 0.5) is 10.3 Å². The van der Waals surface area contributed by atoms with Crippen LogP contribution in [0, 0.1) is 11.7 Å². The van der Waals surface area contributed by atoms with Gasteiger partial charge in [0.05, 0.1) is 36.3 Å². The third kappa shape index (κ3) is 12.8. The van der Waals surface area contributed by atoms with Crippen molar-refractivity contribution < 1.29 is 42.5 Å².